The lowest BCUT2D eigenvalue weighted by atomic mass is 10.2. The first-order valence-electron chi connectivity index (χ1n) is 7.47. The molecule has 0 atom stereocenters. The van der Waals surface area contributed by atoms with Gasteiger partial charge >= 0.3 is 0 Å². The minimum absolute atomic E-state index is 0.345. The zero-order chi connectivity index (χ0) is 18.7. The monoisotopic (exact) mass is 500 g/mol. The van der Waals surface area contributed by atoms with Crippen molar-refractivity contribution in [1.29, 1.82) is 0 Å². The van der Waals surface area contributed by atoms with Gasteiger partial charge in [-0.1, -0.05) is 29.8 Å². The van der Waals surface area contributed by atoms with E-state index in [1.54, 1.807) is 26.5 Å². The molecule has 0 fully saturated rings. The van der Waals surface area contributed by atoms with Crippen molar-refractivity contribution in [3.8, 4) is 11.5 Å². The summed E-state index contributed by atoms with van der Waals surface area (Å²) < 4.78 is 12.5. The van der Waals surface area contributed by atoms with E-state index in [1.807, 2.05) is 30.3 Å². The largest absolute Gasteiger partial charge is 0.493 e. The third-order valence-electron chi connectivity index (χ3n) is 3.58. The zero-order valence-electron chi connectivity index (χ0n) is 13.9. The zero-order valence-corrected chi connectivity index (χ0v) is 17.6. The van der Waals surface area contributed by atoms with Crippen molar-refractivity contribution in [1.82, 2.24) is 5.43 Å². The molecule has 134 valence electrons. The van der Waals surface area contributed by atoms with Crippen LogP contribution in [0.15, 0.2) is 41.5 Å². The molecule has 0 saturated carbocycles. The molecule has 3 rings (SSSR count). The summed E-state index contributed by atoms with van der Waals surface area (Å²) in [5, 5.41) is 5.33. The maximum absolute atomic E-state index is 12.4. The third kappa shape index (κ3) is 3.79. The maximum Gasteiger partial charge on any atom is 0.283 e. The van der Waals surface area contributed by atoms with E-state index in [0.717, 1.165) is 19.2 Å². The summed E-state index contributed by atoms with van der Waals surface area (Å²) in [5.41, 5.74) is 3.29. The topological polar surface area (TPSA) is 59.9 Å². The van der Waals surface area contributed by atoms with Crippen LogP contribution in [0.1, 0.15) is 15.2 Å². The standard InChI is InChI=1S/C18H14ClIN2O3S/c1-24-13-8-10(7-12(20)16(13)25-2)9-21-22-18(23)17-15(19)11-5-3-4-6-14(11)26-17/h3-9H,1-2H3,(H,22,23)/b21-9-. The molecular weight excluding hydrogens is 487 g/mol. The van der Waals surface area contributed by atoms with E-state index in [1.165, 1.54) is 11.3 Å². The van der Waals surface area contributed by atoms with Gasteiger partial charge in [-0.15, -0.1) is 11.3 Å². The van der Waals surface area contributed by atoms with Gasteiger partial charge in [0, 0.05) is 10.1 Å². The molecule has 1 heterocycles. The fraction of sp³-hybridized carbons (Fsp3) is 0.111. The Hall–Kier alpha value is -1.84. The number of halogens is 2. The summed E-state index contributed by atoms with van der Waals surface area (Å²) in [6.45, 7) is 0. The number of benzene rings is 2. The van der Waals surface area contributed by atoms with Gasteiger partial charge in [0.2, 0.25) is 0 Å². The molecule has 0 saturated heterocycles. The van der Waals surface area contributed by atoms with Crippen LogP contribution in [0.2, 0.25) is 5.02 Å². The van der Waals surface area contributed by atoms with Gasteiger partial charge in [0.15, 0.2) is 11.5 Å². The van der Waals surface area contributed by atoms with Gasteiger partial charge in [-0.05, 0) is 46.4 Å². The van der Waals surface area contributed by atoms with Crippen molar-refractivity contribution < 1.29 is 14.3 Å². The lowest BCUT2D eigenvalue weighted by Crippen LogP contribution is -2.16. The van der Waals surface area contributed by atoms with Crippen molar-refractivity contribution in [2.45, 2.75) is 0 Å². The molecule has 2 aromatic carbocycles. The number of carbonyl (C=O) groups excluding carboxylic acids is 1. The van der Waals surface area contributed by atoms with E-state index >= 15 is 0 Å². The third-order valence-corrected chi connectivity index (χ3v) is 6.05. The number of nitrogens with one attached hydrogen (secondary N) is 1. The molecule has 5 nitrogen and oxygen atoms in total. The first kappa shape index (κ1) is 18.9. The fourth-order valence-electron chi connectivity index (χ4n) is 2.39. The second kappa shape index (κ2) is 8.24. The lowest BCUT2D eigenvalue weighted by Gasteiger charge is -2.10. The predicted octanol–water partition coefficient (Wildman–Crippen LogP) is 4.94. The number of ether oxygens (including phenoxy) is 2. The molecule has 0 spiro atoms. The second-order valence-corrected chi connectivity index (χ2v) is 7.77. The first-order chi connectivity index (χ1) is 12.5. The van der Waals surface area contributed by atoms with E-state index in [0.29, 0.717) is 21.4 Å². The molecular formula is C18H14ClIN2O3S. The van der Waals surface area contributed by atoms with Crippen molar-refractivity contribution in [3.05, 3.63) is 55.4 Å². The van der Waals surface area contributed by atoms with Crippen LogP contribution in [-0.2, 0) is 0 Å². The molecule has 1 amide bonds. The summed E-state index contributed by atoms with van der Waals surface area (Å²) in [4.78, 5) is 12.8. The van der Waals surface area contributed by atoms with Crippen molar-refractivity contribution in [2.24, 2.45) is 5.10 Å². The molecule has 1 N–H and O–H groups in total. The van der Waals surface area contributed by atoms with Gasteiger partial charge in [-0.3, -0.25) is 4.79 Å². The summed E-state index contributed by atoms with van der Waals surface area (Å²) in [6, 6.07) is 11.3. The van der Waals surface area contributed by atoms with Crippen molar-refractivity contribution in [2.75, 3.05) is 14.2 Å². The number of methoxy groups -OCH3 is 2. The average molecular weight is 501 g/mol. The van der Waals surface area contributed by atoms with Gasteiger partial charge in [0.25, 0.3) is 5.91 Å². The Morgan fingerprint density at radius 3 is 2.73 bits per heavy atom. The minimum atomic E-state index is -0.345. The SMILES string of the molecule is COc1cc(/C=N\NC(=O)c2sc3ccccc3c2Cl)cc(I)c1OC. The number of nitrogens with zero attached hydrogens (tertiary/aromatic N) is 1. The molecule has 0 radical (unpaired) electrons. The number of fused-ring (bicyclic) bond motifs is 1. The van der Waals surface area contributed by atoms with Crippen LogP contribution >= 0.6 is 45.5 Å². The molecule has 3 aromatic rings. The van der Waals surface area contributed by atoms with Gasteiger partial charge in [-0.2, -0.15) is 5.10 Å². The van der Waals surface area contributed by atoms with E-state index in [4.69, 9.17) is 21.1 Å². The van der Waals surface area contributed by atoms with E-state index in [9.17, 15) is 4.79 Å². The Balaban J connectivity index is 1.78. The molecule has 1 aromatic heterocycles. The quantitative estimate of drug-likeness (QED) is 0.307. The summed E-state index contributed by atoms with van der Waals surface area (Å²) in [6.07, 6.45) is 1.54. The van der Waals surface area contributed by atoms with Gasteiger partial charge in [0.1, 0.15) is 4.88 Å². The Morgan fingerprint density at radius 2 is 2.04 bits per heavy atom. The van der Waals surface area contributed by atoms with E-state index in [-0.39, 0.29) is 5.91 Å². The van der Waals surface area contributed by atoms with Crippen LogP contribution in [0.5, 0.6) is 11.5 Å². The van der Waals surface area contributed by atoms with Crippen LogP contribution in [-0.4, -0.2) is 26.3 Å². The normalized spacial score (nSPS) is 11.1. The molecule has 26 heavy (non-hydrogen) atoms. The molecule has 0 aliphatic carbocycles. The highest BCUT2D eigenvalue weighted by Crippen LogP contribution is 2.35. The van der Waals surface area contributed by atoms with Crippen LogP contribution in [0.25, 0.3) is 10.1 Å². The van der Waals surface area contributed by atoms with Crippen LogP contribution in [0, 0.1) is 3.57 Å². The highest BCUT2D eigenvalue weighted by molar-refractivity contribution is 14.1. The summed E-state index contributed by atoms with van der Waals surface area (Å²) in [7, 11) is 3.16. The summed E-state index contributed by atoms with van der Waals surface area (Å²) in [5.74, 6) is 0.911. The number of amides is 1. The Kier molecular flexibility index (Phi) is 6.00. The van der Waals surface area contributed by atoms with Crippen LogP contribution < -0.4 is 14.9 Å². The van der Waals surface area contributed by atoms with Gasteiger partial charge in [0.05, 0.1) is 29.0 Å². The maximum atomic E-state index is 12.4. The number of carbonyl (C=O) groups is 1. The number of hydrazone groups is 1. The van der Waals surface area contributed by atoms with Gasteiger partial charge in [-0.25, -0.2) is 5.43 Å². The van der Waals surface area contributed by atoms with Gasteiger partial charge < -0.3 is 9.47 Å². The lowest BCUT2D eigenvalue weighted by molar-refractivity contribution is 0.0959. The fourth-order valence-corrected chi connectivity index (χ4v) is 4.64. The molecule has 0 bridgehead atoms. The summed E-state index contributed by atoms with van der Waals surface area (Å²) >= 11 is 9.80. The minimum Gasteiger partial charge on any atom is -0.493 e. The highest BCUT2D eigenvalue weighted by atomic mass is 127. The molecule has 0 unspecified atom stereocenters. The van der Waals surface area contributed by atoms with E-state index < -0.39 is 0 Å². The van der Waals surface area contributed by atoms with Crippen LogP contribution in [0.4, 0.5) is 0 Å². The smallest absolute Gasteiger partial charge is 0.283 e. The van der Waals surface area contributed by atoms with Crippen molar-refractivity contribution in [3.63, 3.8) is 0 Å². The number of thiophene rings is 1. The first-order valence-corrected chi connectivity index (χ1v) is 9.74. The average Bonchev–Trinajstić information content (AvgIpc) is 2.98. The van der Waals surface area contributed by atoms with Crippen molar-refractivity contribution >= 4 is 67.7 Å². The molecule has 8 heteroatoms. The molecule has 0 aliphatic heterocycles. The second-order valence-electron chi connectivity index (χ2n) is 5.18. The Labute approximate surface area is 173 Å². The molecule has 0 aliphatic rings. The Bertz CT molecular complexity index is 1000. The number of hydrogen-bond acceptors (Lipinski definition) is 5. The highest BCUT2D eigenvalue weighted by Gasteiger charge is 2.16. The number of hydrogen-bond donors (Lipinski definition) is 1. The Morgan fingerprint density at radius 1 is 1.27 bits per heavy atom. The predicted molar refractivity (Wildman–Crippen MR) is 114 cm³/mol. The van der Waals surface area contributed by atoms with Crippen LogP contribution in [0.3, 0.4) is 0 Å². The van der Waals surface area contributed by atoms with E-state index in [2.05, 4.69) is 33.1 Å². The number of rotatable bonds is 5.